The zero-order valence-corrected chi connectivity index (χ0v) is 13.3. The minimum absolute atomic E-state index is 0.515. The highest BCUT2D eigenvalue weighted by Gasteiger charge is 2.34. The van der Waals surface area contributed by atoms with Gasteiger partial charge in [0.05, 0.1) is 13.2 Å². The molecule has 1 rings (SSSR count). The van der Waals surface area contributed by atoms with Crippen LogP contribution < -0.4 is 10.6 Å². The van der Waals surface area contributed by atoms with Crippen LogP contribution in [0.3, 0.4) is 0 Å². The maximum absolute atomic E-state index is 5.42. The van der Waals surface area contributed by atoms with Crippen LogP contribution in [-0.4, -0.2) is 53.0 Å². The second-order valence-corrected chi connectivity index (χ2v) is 5.52. The van der Waals surface area contributed by atoms with E-state index >= 15 is 0 Å². The Kier molecular flexibility index (Phi) is 8.62. The van der Waals surface area contributed by atoms with E-state index in [0.29, 0.717) is 18.6 Å². The van der Waals surface area contributed by atoms with Gasteiger partial charge >= 0.3 is 0 Å². The normalized spacial score (nSPS) is 17.6. The summed E-state index contributed by atoms with van der Waals surface area (Å²) in [5.41, 5.74) is 0.515. The van der Waals surface area contributed by atoms with Crippen molar-refractivity contribution in [1.29, 1.82) is 0 Å². The molecule has 1 fully saturated rings. The highest BCUT2D eigenvalue weighted by Crippen LogP contribution is 2.42. The molecule has 0 aliphatic heterocycles. The molecular weight excluding hydrogens is 254 g/mol. The van der Waals surface area contributed by atoms with E-state index in [4.69, 9.17) is 9.47 Å². The molecule has 0 atom stereocenters. The minimum atomic E-state index is 0.515. The van der Waals surface area contributed by atoms with Gasteiger partial charge in [0.2, 0.25) is 0 Å². The third kappa shape index (κ3) is 6.09. The fraction of sp³-hybridized carbons (Fsp3) is 0.933. The highest BCUT2D eigenvalue weighted by atomic mass is 16.5. The van der Waals surface area contributed by atoms with Crippen molar-refractivity contribution in [1.82, 2.24) is 10.6 Å². The van der Waals surface area contributed by atoms with Gasteiger partial charge in [-0.3, -0.25) is 4.99 Å². The van der Waals surface area contributed by atoms with Crippen LogP contribution in [-0.2, 0) is 9.47 Å². The average molecular weight is 285 g/mol. The molecule has 0 aromatic carbocycles. The van der Waals surface area contributed by atoms with Crippen molar-refractivity contribution in [3.8, 4) is 0 Å². The van der Waals surface area contributed by atoms with Crippen LogP contribution in [0.2, 0.25) is 0 Å². The molecule has 0 spiro atoms. The molecule has 0 aromatic rings. The first-order valence-corrected chi connectivity index (χ1v) is 7.77. The van der Waals surface area contributed by atoms with Crippen molar-refractivity contribution in [2.24, 2.45) is 10.4 Å². The van der Waals surface area contributed by atoms with Crippen LogP contribution in [0.25, 0.3) is 0 Å². The third-order valence-electron chi connectivity index (χ3n) is 4.21. The van der Waals surface area contributed by atoms with Gasteiger partial charge in [-0.05, 0) is 31.1 Å². The van der Waals surface area contributed by atoms with E-state index in [9.17, 15) is 0 Å². The Hall–Kier alpha value is -0.810. The molecule has 5 heteroatoms. The maximum Gasteiger partial charge on any atom is 0.190 e. The average Bonchev–Trinajstić information content (AvgIpc) is 2.43. The van der Waals surface area contributed by atoms with Gasteiger partial charge in [0.25, 0.3) is 0 Å². The van der Waals surface area contributed by atoms with Gasteiger partial charge in [-0.25, -0.2) is 0 Å². The predicted octanol–water partition coefficient (Wildman–Crippen LogP) is 1.78. The number of methoxy groups -OCH3 is 1. The van der Waals surface area contributed by atoms with Gasteiger partial charge in [0, 0.05) is 33.9 Å². The molecular formula is C15H31N3O2. The van der Waals surface area contributed by atoms with Crippen molar-refractivity contribution < 1.29 is 9.47 Å². The Morgan fingerprint density at radius 1 is 1.20 bits per heavy atom. The van der Waals surface area contributed by atoms with Gasteiger partial charge in [0.15, 0.2) is 5.96 Å². The summed E-state index contributed by atoms with van der Waals surface area (Å²) in [5.74, 6) is 0.904. The number of guanidine groups is 1. The fourth-order valence-corrected chi connectivity index (χ4v) is 2.45. The Labute approximate surface area is 123 Å². The number of aliphatic imine (C=N–C) groups is 1. The van der Waals surface area contributed by atoms with E-state index < -0.39 is 0 Å². The molecule has 1 aliphatic carbocycles. The van der Waals surface area contributed by atoms with Crippen molar-refractivity contribution in [3.05, 3.63) is 0 Å². The lowest BCUT2D eigenvalue weighted by Crippen LogP contribution is -2.46. The Bertz CT molecular complexity index is 273. The lowest BCUT2D eigenvalue weighted by Gasteiger charge is -2.41. The van der Waals surface area contributed by atoms with Crippen molar-refractivity contribution in [3.63, 3.8) is 0 Å². The Balaban J connectivity index is 2.05. The standard InChI is InChI=1S/C15H31N3O2/c1-4-15(7-5-8-15)13-18-14(16-2)17-9-6-10-20-12-11-19-3/h4-13H2,1-3H3,(H2,16,17,18). The minimum Gasteiger partial charge on any atom is -0.382 e. The number of ether oxygens (including phenoxy) is 2. The molecule has 0 saturated heterocycles. The zero-order valence-electron chi connectivity index (χ0n) is 13.3. The van der Waals surface area contributed by atoms with E-state index in [0.717, 1.165) is 32.1 Å². The monoisotopic (exact) mass is 285 g/mol. The SMILES string of the molecule is CCC1(CNC(=NC)NCCCOCCOC)CCC1. The summed E-state index contributed by atoms with van der Waals surface area (Å²) >= 11 is 0. The van der Waals surface area contributed by atoms with E-state index in [1.807, 2.05) is 7.05 Å². The second-order valence-electron chi connectivity index (χ2n) is 5.52. The van der Waals surface area contributed by atoms with Crippen molar-refractivity contribution in [2.75, 3.05) is 47.1 Å². The molecule has 0 bridgehead atoms. The summed E-state index contributed by atoms with van der Waals surface area (Å²) in [5, 5.41) is 6.79. The second kappa shape index (κ2) is 10.00. The first kappa shape index (κ1) is 17.2. The van der Waals surface area contributed by atoms with E-state index in [-0.39, 0.29) is 0 Å². The van der Waals surface area contributed by atoms with Gasteiger partial charge in [-0.1, -0.05) is 13.3 Å². The molecule has 0 amide bonds. The smallest absolute Gasteiger partial charge is 0.190 e. The van der Waals surface area contributed by atoms with Crippen LogP contribution in [0.1, 0.15) is 39.0 Å². The van der Waals surface area contributed by atoms with Crippen LogP contribution in [0.4, 0.5) is 0 Å². The van der Waals surface area contributed by atoms with Crippen molar-refractivity contribution >= 4 is 5.96 Å². The molecule has 0 heterocycles. The van der Waals surface area contributed by atoms with Gasteiger partial charge in [-0.15, -0.1) is 0 Å². The number of rotatable bonds is 10. The van der Waals surface area contributed by atoms with Gasteiger partial charge in [-0.2, -0.15) is 0 Å². The molecule has 1 aliphatic rings. The van der Waals surface area contributed by atoms with Crippen LogP contribution >= 0.6 is 0 Å². The summed E-state index contributed by atoms with van der Waals surface area (Å²) in [6, 6.07) is 0. The highest BCUT2D eigenvalue weighted by molar-refractivity contribution is 5.79. The molecule has 0 radical (unpaired) electrons. The first-order valence-electron chi connectivity index (χ1n) is 7.77. The quantitative estimate of drug-likeness (QED) is 0.365. The largest absolute Gasteiger partial charge is 0.382 e. The van der Waals surface area contributed by atoms with E-state index in [1.165, 1.54) is 25.7 Å². The number of hydrogen-bond acceptors (Lipinski definition) is 3. The number of nitrogens with one attached hydrogen (secondary N) is 2. The topological polar surface area (TPSA) is 54.9 Å². The van der Waals surface area contributed by atoms with E-state index in [1.54, 1.807) is 7.11 Å². The molecule has 0 unspecified atom stereocenters. The molecule has 118 valence electrons. The molecule has 1 saturated carbocycles. The number of nitrogens with zero attached hydrogens (tertiary/aromatic N) is 1. The zero-order chi connectivity index (χ0) is 14.7. The predicted molar refractivity (Wildman–Crippen MR) is 83.3 cm³/mol. The van der Waals surface area contributed by atoms with Crippen LogP contribution in [0.15, 0.2) is 4.99 Å². The molecule has 2 N–H and O–H groups in total. The molecule has 5 nitrogen and oxygen atoms in total. The third-order valence-corrected chi connectivity index (χ3v) is 4.21. The maximum atomic E-state index is 5.42. The first-order chi connectivity index (χ1) is 9.76. The Morgan fingerprint density at radius 2 is 2.00 bits per heavy atom. The summed E-state index contributed by atoms with van der Waals surface area (Å²) in [6.07, 6.45) is 6.30. The Morgan fingerprint density at radius 3 is 2.55 bits per heavy atom. The summed E-state index contributed by atoms with van der Waals surface area (Å²) in [4.78, 5) is 4.26. The van der Waals surface area contributed by atoms with Crippen molar-refractivity contribution in [2.45, 2.75) is 39.0 Å². The van der Waals surface area contributed by atoms with E-state index in [2.05, 4.69) is 22.5 Å². The summed E-state index contributed by atoms with van der Waals surface area (Å²) < 4.78 is 10.3. The number of hydrogen-bond donors (Lipinski definition) is 2. The van der Waals surface area contributed by atoms with Crippen LogP contribution in [0.5, 0.6) is 0 Å². The lowest BCUT2D eigenvalue weighted by molar-refractivity contribution is 0.0698. The molecule has 20 heavy (non-hydrogen) atoms. The summed E-state index contributed by atoms with van der Waals surface area (Å²) in [6.45, 7) is 6.29. The lowest BCUT2D eigenvalue weighted by atomic mass is 9.67. The summed E-state index contributed by atoms with van der Waals surface area (Å²) in [7, 11) is 3.51. The van der Waals surface area contributed by atoms with Gasteiger partial charge in [0.1, 0.15) is 0 Å². The van der Waals surface area contributed by atoms with Gasteiger partial charge < -0.3 is 20.1 Å². The van der Waals surface area contributed by atoms with Crippen LogP contribution in [0, 0.1) is 5.41 Å². The molecule has 0 aromatic heterocycles. The fourth-order valence-electron chi connectivity index (χ4n) is 2.45.